The van der Waals surface area contributed by atoms with Crippen molar-refractivity contribution in [3.05, 3.63) is 22.3 Å². The van der Waals surface area contributed by atoms with Gasteiger partial charge in [0, 0.05) is 12.2 Å². The number of piperidine rings is 1. The van der Waals surface area contributed by atoms with E-state index in [-0.39, 0.29) is 6.61 Å². The molecule has 12 heteroatoms. The fourth-order valence-corrected chi connectivity index (χ4v) is 1.61. The van der Waals surface area contributed by atoms with Crippen molar-refractivity contribution < 1.29 is 39.6 Å². The van der Waals surface area contributed by atoms with Crippen LogP contribution in [0.2, 0.25) is 0 Å². The zero-order valence-corrected chi connectivity index (χ0v) is 15.3. The highest BCUT2D eigenvalue weighted by molar-refractivity contribution is 5.89. The summed E-state index contributed by atoms with van der Waals surface area (Å²) in [5, 5.41) is 36.1. The number of hydrogen-bond acceptors (Lipinski definition) is 8. The highest BCUT2D eigenvalue weighted by Gasteiger charge is 2.19. The highest BCUT2D eigenvalue weighted by atomic mass is 16.9. The molecule has 1 fully saturated rings. The number of hydrogen-bond donors (Lipinski definition) is 5. The molecule has 1 rings (SSSR count). The second kappa shape index (κ2) is 14.4. The Hall–Kier alpha value is -2.73. The van der Waals surface area contributed by atoms with E-state index in [2.05, 4.69) is 10.2 Å². The molecule has 156 valence electrons. The van der Waals surface area contributed by atoms with E-state index in [0.717, 1.165) is 32.4 Å². The van der Waals surface area contributed by atoms with Crippen LogP contribution in [0.1, 0.15) is 33.1 Å². The summed E-state index contributed by atoms with van der Waals surface area (Å²) < 4.78 is 0. The quantitative estimate of drug-likeness (QED) is 0.223. The zero-order valence-electron chi connectivity index (χ0n) is 15.3. The lowest BCUT2D eigenvalue weighted by molar-refractivity contribution is -0.758. The number of nitrogens with two attached hydrogens (primary N) is 1. The fourth-order valence-electron chi connectivity index (χ4n) is 1.61. The third-order valence-corrected chi connectivity index (χ3v) is 3.10. The predicted molar refractivity (Wildman–Crippen MR) is 93.5 cm³/mol. The van der Waals surface area contributed by atoms with E-state index in [1.807, 2.05) is 0 Å². The molecular formula is C15H27N3O9. The lowest BCUT2D eigenvalue weighted by Crippen LogP contribution is -2.41. The Balaban J connectivity index is 0. The van der Waals surface area contributed by atoms with Crippen molar-refractivity contribution in [2.45, 2.75) is 38.6 Å². The van der Waals surface area contributed by atoms with Crippen molar-refractivity contribution in [1.29, 1.82) is 0 Å². The number of carboxylic acids is 3. The Morgan fingerprint density at radius 2 is 1.59 bits per heavy atom. The molecular weight excluding hydrogens is 366 g/mol. The largest absolute Gasteiger partial charge is 0.480 e. The first kappa shape index (κ1) is 26.5. The van der Waals surface area contributed by atoms with Crippen LogP contribution in [0.4, 0.5) is 0 Å². The molecule has 0 spiro atoms. The van der Waals surface area contributed by atoms with Crippen molar-refractivity contribution in [3.63, 3.8) is 0 Å². The topological polar surface area (TPSA) is 202 Å². The summed E-state index contributed by atoms with van der Waals surface area (Å²) in [5.74, 6) is -2.89. The molecule has 0 aliphatic carbocycles. The average Bonchev–Trinajstić information content (AvgIpc) is 2.54. The van der Waals surface area contributed by atoms with Gasteiger partial charge in [0.2, 0.25) is 0 Å². The maximum atomic E-state index is 9.90. The zero-order chi connectivity index (χ0) is 21.5. The number of nitrogens with zero attached hydrogens (tertiary/aromatic N) is 1. The molecule has 0 aromatic heterocycles. The number of aliphatic carboxylic acids is 3. The molecule has 0 saturated carbocycles. The van der Waals surface area contributed by atoms with Crippen molar-refractivity contribution in [2.75, 3.05) is 19.7 Å². The Morgan fingerprint density at radius 3 is 1.89 bits per heavy atom. The van der Waals surface area contributed by atoms with Crippen LogP contribution >= 0.6 is 0 Å². The molecule has 12 nitrogen and oxygen atoms in total. The molecule has 0 amide bonds. The average molecular weight is 393 g/mol. The summed E-state index contributed by atoms with van der Waals surface area (Å²) in [6, 6.07) is 0. The number of nitrogens with one attached hydrogen (secondary N) is 1. The van der Waals surface area contributed by atoms with E-state index >= 15 is 0 Å². The van der Waals surface area contributed by atoms with Gasteiger partial charge in [-0.25, -0.2) is 9.59 Å². The van der Waals surface area contributed by atoms with Crippen LogP contribution in [0.25, 0.3) is 0 Å². The Bertz CT molecular complexity index is 493. The summed E-state index contributed by atoms with van der Waals surface area (Å²) >= 11 is 0. The van der Waals surface area contributed by atoms with Crippen LogP contribution in [-0.2, 0) is 19.2 Å². The van der Waals surface area contributed by atoms with Gasteiger partial charge in [-0.15, -0.1) is 10.1 Å². The van der Waals surface area contributed by atoms with Crippen molar-refractivity contribution in [2.24, 2.45) is 11.7 Å². The molecule has 0 bridgehead atoms. The van der Waals surface area contributed by atoms with Crippen LogP contribution in [0.5, 0.6) is 0 Å². The molecule has 27 heavy (non-hydrogen) atoms. The highest BCUT2D eigenvalue weighted by Crippen LogP contribution is 2.15. The summed E-state index contributed by atoms with van der Waals surface area (Å²) in [6.07, 6.45) is 4.15. The van der Waals surface area contributed by atoms with Gasteiger partial charge in [-0.2, -0.15) is 0 Å². The Morgan fingerprint density at radius 1 is 1.19 bits per heavy atom. The molecule has 0 radical (unpaired) electrons. The van der Waals surface area contributed by atoms with E-state index in [1.165, 1.54) is 13.8 Å². The number of carbonyl (C=O) groups is 3. The molecule has 6 N–H and O–H groups in total. The van der Waals surface area contributed by atoms with Crippen LogP contribution in [0.3, 0.4) is 0 Å². The Labute approximate surface area is 156 Å². The molecule has 0 aromatic carbocycles. The van der Waals surface area contributed by atoms with E-state index in [4.69, 9.17) is 21.1 Å². The maximum absolute atomic E-state index is 9.90. The maximum Gasteiger partial charge on any atom is 0.328 e. The molecule has 0 unspecified atom stereocenters. The number of rotatable bonds is 7. The first-order valence-corrected chi connectivity index (χ1v) is 8.00. The molecule has 0 atom stereocenters. The normalized spacial score (nSPS) is 14.2. The van der Waals surface area contributed by atoms with Crippen molar-refractivity contribution in [3.8, 4) is 0 Å². The number of carboxylic acid groups (broad SMARTS) is 3. The second-order valence-corrected chi connectivity index (χ2v) is 6.08. The third-order valence-electron chi connectivity index (χ3n) is 3.10. The van der Waals surface area contributed by atoms with Gasteiger partial charge in [0.15, 0.2) is 0 Å². The molecule has 1 aliphatic rings. The smallest absolute Gasteiger partial charge is 0.328 e. The van der Waals surface area contributed by atoms with Gasteiger partial charge in [-0.3, -0.25) is 4.79 Å². The predicted octanol–water partition coefficient (Wildman–Crippen LogP) is 0.105. The summed E-state index contributed by atoms with van der Waals surface area (Å²) in [6.45, 7) is 5.19. The fraction of sp³-hybridized carbons (Fsp3) is 0.667. The van der Waals surface area contributed by atoms with Crippen molar-refractivity contribution in [1.82, 2.24) is 5.32 Å². The van der Waals surface area contributed by atoms with E-state index in [0.29, 0.717) is 18.1 Å². The lowest BCUT2D eigenvalue weighted by Gasteiger charge is -2.21. The van der Waals surface area contributed by atoms with E-state index < -0.39 is 28.5 Å². The molecule has 0 aromatic rings. The first-order chi connectivity index (χ1) is 12.4. The van der Waals surface area contributed by atoms with Gasteiger partial charge >= 0.3 is 17.9 Å². The molecule has 1 heterocycles. The van der Waals surface area contributed by atoms with Gasteiger partial charge in [0.05, 0.1) is 6.61 Å². The third kappa shape index (κ3) is 21.2. The van der Waals surface area contributed by atoms with E-state index in [9.17, 15) is 24.5 Å². The summed E-state index contributed by atoms with van der Waals surface area (Å²) in [7, 11) is 0. The van der Waals surface area contributed by atoms with Crippen LogP contribution < -0.4 is 11.1 Å². The second-order valence-electron chi connectivity index (χ2n) is 6.08. The van der Waals surface area contributed by atoms with E-state index in [1.54, 1.807) is 0 Å². The minimum absolute atomic E-state index is 0.248. The van der Waals surface area contributed by atoms with Crippen LogP contribution in [0, 0.1) is 16.0 Å². The van der Waals surface area contributed by atoms with Gasteiger partial charge < -0.3 is 31.2 Å². The van der Waals surface area contributed by atoms with Gasteiger partial charge in [0.25, 0.3) is 5.09 Å². The first-order valence-electron chi connectivity index (χ1n) is 8.00. The molecule has 1 saturated heterocycles. The van der Waals surface area contributed by atoms with Crippen LogP contribution in [0.15, 0.2) is 12.2 Å². The standard InChI is InChI=1S/C7H14N2O3.C4H9NO2.C4H4O4/c10-9(11)12-6-3-7-1-4-8-5-2-7;1-4(2,5)3(6)7;5-3(6)1-2-4(7)8/h7-8H,1-6H2;5H2,1-2H3,(H,6,7);1-2H,(H,5,6)(H,7,8). The Kier molecular flexibility index (Phi) is 14.2. The summed E-state index contributed by atoms with van der Waals surface area (Å²) in [4.78, 5) is 43.1. The SMILES string of the molecule is CC(C)(N)C(=O)O.O=C(O)C=CC(=O)O.O=[N+]([O-])OCCC1CCNCC1. The van der Waals surface area contributed by atoms with Crippen LogP contribution in [-0.4, -0.2) is 63.5 Å². The van der Waals surface area contributed by atoms with Gasteiger partial charge in [-0.05, 0) is 52.1 Å². The van der Waals surface area contributed by atoms with Crippen molar-refractivity contribution >= 4 is 17.9 Å². The monoisotopic (exact) mass is 393 g/mol. The minimum Gasteiger partial charge on any atom is -0.480 e. The summed E-state index contributed by atoms with van der Waals surface area (Å²) in [5.41, 5.74) is 4.00. The molecule has 1 aliphatic heterocycles. The minimum atomic E-state index is -1.26. The van der Waals surface area contributed by atoms with Gasteiger partial charge in [-0.1, -0.05) is 0 Å². The van der Waals surface area contributed by atoms with Gasteiger partial charge in [0.1, 0.15) is 5.54 Å². The lowest BCUT2D eigenvalue weighted by atomic mass is 9.95.